The minimum atomic E-state index is -0.104. The van der Waals surface area contributed by atoms with Crippen LogP contribution in [0.15, 0.2) is 18.5 Å². The molecule has 0 saturated heterocycles. The van der Waals surface area contributed by atoms with E-state index in [0.717, 1.165) is 11.5 Å². The number of hydrogen-bond acceptors (Lipinski definition) is 4. The van der Waals surface area contributed by atoms with E-state index >= 15 is 0 Å². The topological polar surface area (TPSA) is 74.5 Å². The summed E-state index contributed by atoms with van der Waals surface area (Å²) in [5, 5.41) is 12.1. The minimum Gasteiger partial charge on any atom is -0.323 e. The third-order valence-corrected chi connectivity index (χ3v) is 1.91. The molecule has 0 fully saturated rings. The van der Waals surface area contributed by atoms with Crippen LogP contribution < -0.4 is 5.73 Å². The fraction of sp³-hybridized carbons (Fsp3) is 0.375. The van der Waals surface area contributed by atoms with E-state index in [1.807, 2.05) is 26.2 Å². The highest BCUT2D eigenvalue weighted by molar-refractivity contribution is 5.18. The fourth-order valence-electron chi connectivity index (χ4n) is 1.12. The quantitative estimate of drug-likeness (QED) is 0.728. The van der Waals surface area contributed by atoms with Gasteiger partial charge >= 0.3 is 0 Å². The summed E-state index contributed by atoms with van der Waals surface area (Å²) < 4.78 is 3.32. The highest BCUT2D eigenvalue weighted by Gasteiger charge is 2.07. The lowest BCUT2D eigenvalue weighted by Gasteiger charge is -1.95. The molecule has 0 aliphatic carbocycles. The molecule has 2 aromatic heterocycles. The van der Waals surface area contributed by atoms with E-state index in [1.165, 1.54) is 0 Å². The average Bonchev–Trinajstić information content (AvgIpc) is 2.70. The van der Waals surface area contributed by atoms with Gasteiger partial charge < -0.3 is 5.73 Å². The SMILES string of the molecule is CC(N)c1cn(-c2ccn(C)n2)nn1. The van der Waals surface area contributed by atoms with Crippen LogP contribution in [0.4, 0.5) is 0 Å². The van der Waals surface area contributed by atoms with Crippen molar-refractivity contribution in [1.82, 2.24) is 24.8 Å². The maximum Gasteiger partial charge on any atom is 0.176 e. The molecule has 2 N–H and O–H groups in total. The normalized spacial score (nSPS) is 13.1. The fourth-order valence-corrected chi connectivity index (χ4v) is 1.12. The van der Waals surface area contributed by atoms with Crippen molar-refractivity contribution in [3.8, 4) is 5.82 Å². The molecule has 2 heterocycles. The Morgan fingerprint density at radius 2 is 2.29 bits per heavy atom. The second-order valence-electron chi connectivity index (χ2n) is 3.22. The van der Waals surface area contributed by atoms with E-state index in [4.69, 9.17) is 5.73 Å². The van der Waals surface area contributed by atoms with Crippen molar-refractivity contribution in [2.24, 2.45) is 12.8 Å². The third kappa shape index (κ3) is 1.51. The Labute approximate surface area is 81.3 Å². The first-order chi connectivity index (χ1) is 6.66. The molecule has 0 radical (unpaired) electrons. The summed E-state index contributed by atoms with van der Waals surface area (Å²) in [6.45, 7) is 1.87. The predicted octanol–water partition coefficient (Wildman–Crippen LogP) is 0.0205. The van der Waals surface area contributed by atoms with Crippen molar-refractivity contribution < 1.29 is 0 Å². The van der Waals surface area contributed by atoms with E-state index in [1.54, 1.807) is 15.6 Å². The first-order valence-corrected chi connectivity index (χ1v) is 4.34. The van der Waals surface area contributed by atoms with Gasteiger partial charge in [0.05, 0.1) is 11.9 Å². The molecule has 6 heteroatoms. The summed E-state index contributed by atoms with van der Waals surface area (Å²) in [6, 6.07) is 1.76. The number of nitrogens with zero attached hydrogens (tertiary/aromatic N) is 5. The molecule has 0 aliphatic rings. The summed E-state index contributed by atoms with van der Waals surface area (Å²) in [5.74, 6) is 0.743. The van der Waals surface area contributed by atoms with E-state index in [0.29, 0.717) is 0 Å². The van der Waals surface area contributed by atoms with Gasteiger partial charge in [0.2, 0.25) is 0 Å². The molecule has 2 aromatic rings. The van der Waals surface area contributed by atoms with Crippen LogP contribution in [-0.4, -0.2) is 24.8 Å². The Kier molecular flexibility index (Phi) is 2.05. The molecule has 0 aliphatic heterocycles. The molecule has 0 saturated carbocycles. The van der Waals surface area contributed by atoms with Gasteiger partial charge in [-0.25, -0.2) is 4.68 Å². The highest BCUT2D eigenvalue weighted by Crippen LogP contribution is 2.07. The Bertz CT molecular complexity index is 426. The molecule has 74 valence electrons. The van der Waals surface area contributed by atoms with Crippen molar-refractivity contribution in [3.63, 3.8) is 0 Å². The molecule has 6 nitrogen and oxygen atoms in total. The van der Waals surface area contributed by atoms with E-state index in [9.17, 15) is 0 Å². The molecule has 0 amide bonds. The molecule has 0 spiro atoms. The van der Waals surface area contributed by atoms with Gasteiger partial charge in [0.15, 0.2) is 5.82 Å². The second kappa shape index (κ2) is 3.22. The van der Waals surface area contributed by atoms with Crippen LogP contribution in [0.3, 0.4) is 0 Å². The number of hydrogen-bond donors (Lipinski definition) is 1. The Morgan fingerprint density at radius 3 is 2.79 bits per heavy atom. The standard InChI is InChI=1S/C8H12N6/c1-6(9)7-5-14(12-10-7)8-3-4-13(2)11-8/h3-6H,9H2,1-2H3. The molecular weight excluding hydrogens is 180 g/mol. The molecular formula is C8H12N6. The lowest BCUT2D eigenvalue weighted by Crippen LogP contribution is -2.04. The lowest BCUT2D eigenvalue weighted by molar-refractivity contribution is 0.712. The maximum atomic E-state index is 5.67. The van der Waals surface area contributed by atoms with E-state index in [2.05, 4.69) is 15.4 Å². The van der Waals surface area contributed by atoms with Crippen LogP contribution >= 0.6 is 0 Å². The van der Waals surface area contributed by atoms with Crippen LogP contribution in [0.2, 0.25) is 0 Å². The zero-order valence-electron chi connectivity index (χ0n) is 8.12. The molecule has 14 heavy (non-hydrogen) atoms. The first kappa shape index (κ1) is 8.89. The predicted molar refractivity (Wildman–Crippen MR) is 50.7 cm³/mol. The van der Waals surface area contributed by atoms with Gasteiger partial charge in [-0.3, -0.25) is 4.68 Å². The van der Waals surface area contributed by atoms with Crippen molar-refractivity contribution in [3.05, 3.63) is 24.2 Å². The Hall–Kier alpha value is -1.69. The first-order valence-electron chi connectivity index (χ1n) is 4.34. The van der Waals surface area contributed by atoms with Crippen LogP contribution in [0.1, 0.15) is 18.7 Å². The minimum absolute atomic E-state index is 0.104. The smallest absolute Gasteiger partial charge is 0.176 e. The van der Waals surface area contributed by atoms with Crippen molar-refractivity contribution in [2.75, 3.05) is 0 Å². The maximum absolute atomic E-state index is 5.67. The third-order valence-electron chi connectivity index (χ3n) is 1.91. The number of nitrogens with two attached hydrogens (primary N) is 1. The molecule has 0 bridgehead atoms. The second-order valence-corrected chi connectivity index (χ2v) is 3.22. The zero-order chi connectivity index (χ0) is 10.1. The van der Waals surface area contributed by atoms with Gasteiger partial charge in [-0.15, -0.1) is 5.10 Å². The van der Waals surface area contributed by atoms with Crippen molar-refractivity contribution >= 4 is 0 Å². The average molecular weight is 192 g/mol. The summed E-state index contributed by atoms with van der Waals surface area (Å²) in [5.41, 5.74) is 6.43. The van der Waals surface area contributed by atoms with Gasteiger partial charge in [0.1, 0.15) is 0 Å². The summed E-state index contributed by atoms with van der Waals surface area (Å²) in [4.78, 5) is 0. The molecule has 2 rings (SSSR count). The van der Waals surface area contributed by atoms with Crippen LogP contribution in [0.25, 0.3) is 5.82 Å². The van der Waals surface area contributed by atoms with Gasteiger partial charge in [0, 0.05) is 25.4 Å². The van der Waals surface area contributed by atoms with Gasteiger partial charge in [-0.2, -0.15) is 5.10 Å². The van der Waals surface area contributed by atoms with Crippen molar-refractivity contribution in [2.45, 2.75) is 13.0 Å². The summed E-state index contributed by atoms with van der Waals surface area (Å²) in [7, 11) is 1.85. The molecule has 1 unspecified atom stereocenters. The zero-order valence-corrected chi connectivity index (χ0v) is 8.12. The Morgan fingerprint density at radius 1 is 1.50 bits per heavy atom. The van der Waals surface area contributed by atoms with Crippen molar-refractivity contribution in [1.29, 1.82) is 0 Å². The monoisotopic (exact) mass is 192 g/mol. The summed E-state index contributed by atoms with van der Waals surface area (Å²) >= 11 is 0. The highest BCUT2D eigenvalue weighted by atomic mass is 15.5. The number of rotatable bonds is 2. The lowest BCUT2D eigenvalue weighted by atomic mass is 10.3. The van der Waals surface area contributed by atoms with Gasteiger partial charge in [-0.1, -0.05) is 5.21 Å². The molecule has 1 atom stereocenters. The number of aromatic nitrogens is 5. The van der Waals surface area contributed by atoms with Gasteiger partial charge in [0.25, 0.3) is 0 Å². The van der Waals surface area contributed by atoms with Gasteiger partial charge in [-0.05, 0) is 6.92 Å². The van der Waals surface area contributed by atoms with Crippen LogP contribution in [0.5, 0.6) is 0 Å². The van der Waals surface area contributed by atoms with Crippen LogP contribution in [-0.2, 0) is 7.05 Å². The number of aryl methyl sites for hydroxylation is 1. The van der Waals surface area contributed by atoms with E-state index in [-0.39, 0.29) is 6.04 Å². The van der Waals surface area contributed by atoms with Crippen LogP contribution in [0, 0.1) is 0 Å². The van der Waals surface area contributed by atoms with E-state index < -0.39 is 0 Å². The summed E-state index contributed by atoms with van der Waals surface area (Å²) in [6.07, 6.45) is 3.63. The largest absolute Gasteiger partial charge is 0.323 e. The molecule has 0 aromatic carbocycles. The Balaban J connectivity index is 2.33.